The molecule has 20 heavy (non-hydrogen) atoms. The average molecular weight is 270 g/mol. The van der Waals surface area contributed by atoms with Gasteiger partial charge in [-0.25, -0.2) is 4.98 Å². The first kappa shape index (κ1) is 13.3. The second-order valence-electron chi connectivity index (χ2n) is 5.80. The Morgan fingerprint density at radius 3 is 2.80 bits per heavy atom. The fourth-order valence-corrected chi connectivity index (χ4v) is 2.79. The van der Waals surface area contributed by atoms with Crippen molar-refractivity contribution in [3.63, 3.8) is 0 Å². The van der Waals surface area contributed by atoms with Gasteiger partial charge in [-0.1, -0.05) is 26.0 Å². The van der Waals surface area contributed by atoms with E-state index in [1.807, 2.05) is 30.5 Å². The lowest BCUT2D eigenvalue weighted by molar-refractivity contribution is 0.403. The number of nitrogens with zero attached hydrogens (tertiary/aromatic N) is 3. The van der Waals surface area contributed by atoms with E-state index in [-0.39, 0.29) is 0 Å². The molecule has 1 aliphatic rings. The Morgan fingerprint density at radius 2 is 2.00 bits per heavy atom. The van der Waals surface area contributed by atoms with Crippen molar-refractivity contribution in [2.24, 2.45) is 5.92 Å². The maximum atomic E-state index is 4.75. The molecule has 2 heterocycles. The smallest absolute Gasteiger partial charge is 0.147 e. The second-order valence-corrected chi connectivity index (χ2v) is 5.80. The highest BCUT2D eigenvalue weighted by Gasteiger charge is 2.19. The Labute approximate surface area is 120 Å². The third kappa shape index (κ3) is 2.75. The zero-order valence-electron chi connectivity index (χ0n) is 12.2. The van der Waals surface area contributed by atoms with Gasteiger partial charge in [-0.3, -0.25) is 4.98 Å². The van der Waals surface area contributed by atoms with E-state index in [0.717, 1.165) is 42.9 Å². The zero-order valence-corrected chi connectivity index (χ0v) is 12.2. The third-order valence-corrected chi connectivity index (χ3v) is 4.06. The second kappa shape index (κ2) is 5.75. The number of rotatable bonds is 2. The Morgan fingerprint density at radius 1 is 1.20 bits per heavy atom. The van der Waals surface area contributed by atoms with Crippen LogP contribution in [0.3, 0.4) is 0 Å². The summed E-state index contributed by atoms with van der Waals surface area (Å²) in [6, 6.07) is 8.65. The molecule has 1 saturated heterocycles. The molecule has 1 aliphatic heterocycles. The monoisotopic (exact) mass is 270 g/mol. The van der Waals surface area contributed by atoms with Crippen LogP contribution in [0.1, 0.15) is 20.3 Å². The van der Waals surface area contributed by atoms with Crippen LogP contribution < -0.4 is 10.2 Å². The maximum Gasteiger partial charge on any atom is 0.147 e. The van der Waals surface area contributed by atoms with E-state index in [4.69, 9.17) is 4.98 Å². The molecular formula is C16H22N4. The number of hydrogen-bond acceptors (Lipinski definition) is 4. The maximum absolute atomic E-state index is 4.75. The molecule has 106 valence electrons. The molecule has 1 aromatic heterocycles. The van der Waals surface area contributed by atoms with Crippen molar-refractivity contribution in [3.05, 3.63) is 30.5 Å². The van der Waals surface area contributed by atoms with Gasteiger partial charge in [-0.15, -0.1) is 0 Å². The lowest BCUT2D eigenvalue weighted by Crippen LogP contribution is -2.34. The van der Waals surface area contributed by atoms with Crippen LogP contribution in [0, 0.1) is 5.92 Å². The minimum Gasteiger partial charge on any atom is -0.354 e. The molecule has 2 aromatic rings. The van der Waals surface area contributed by atoms with Gasteiger partial charge in [-0.2, -0.15) is 0 Å². The molecule has 0 aliphatic carbocycles. The standard InChI is InChI=1S/C16H22N4/c1-12(2)13-7-9-20(10-8-17-13)16-11-18-14-5-3-4-6-15(14)19-16/h3-6,11-13,17H,7-10H2,1-2H3/t13-/m0/s1. The summed E-state index contributed by atoms with van der Waals surface area (Å²) in [5, 5.41) is 3.63. The first-order valence-electron chi connectivity index (χ1n) is 7.44. The van der Waals surface area contributed by atoms with Crippen LogP contribution in [0.25, 0.3) is 11.0 Å². The third-order valence-electron chi connectivity index (χ3n) is 4.06. The molecule has 4 nitrogen and oxygen atoms in total. The number of fused-ring (bicyclic) bond motifs is 1. The molecule has 1 fully saturated rings. The fraction of sp³-hybridized carbons (Fsp3) is 0.500. The van der Waals surface area contributed by atoms with E-state index in [1.54, 1.807) is 0 Å². The normalized spacial score (nSPS) is 20.4. The summed E-state index contributed by atoms with van der Waals surface area (Å²) in [5.74, 6) is 1.67. The Kier molecular flexibility index (Phi) is 3.83. The number of nitrogens with one attached hydrogen (secondary N) is 1. The number of aromatic nitrogens is 2. The van der Waals surface area contributed by atoms with Crippen LogP contribution in [-0.2, 0) is 0 Å². The first-order chi connectivity index (χ1) is 9.74. The van der Waals surface area contributed by atoms with E-state index in [9.17, 15) is 0 Å². The topological polar surface area (TPSA) is 41.1 Å². The zero-order chi connectivity index (χ0) is 13.9. The highest BCUT2D eigenvalue weighted by molar-refractivity contribution is 5.75. The van der Waals surface area contributed by atoms with E-state index in [2.05, 4.69) is 29.0 Å². The van der Waals surface area contributed by atoms with Crippen molar-refractivity contribution < 1.29 is 0 Å². The lowest BCUT2D eigenvalue weighted by Gasteiger charge is -2.22. The molecule has 4 heteroatoms. The van der Waals surface area contributed by atoms with Gasteiger partial charge in [0, 0.05) is 25.7 Å². The van der Waals surface area contributed by atoms with Crippen molar-refractivity contribution in [2.75, 3.05) is 24.5 Å². The van der Waals surface area contributed by atoms with E-state index >= 15 is 0 Å². The summed E-state index contributed by atoms with van der Waals surface area (Å²) in [4.78, 5) is 11.6. The molecule has 1 aromatic carbocycles. The van der Waals surface area contributed by atoms with Gasteiger partial charge in [0.25, 0.3) is 0 Å². The van der Waals surface area contributed by atoms with Crippen molar-refractivity contribution >= 4 is 16.9 Å². The Balaban J connectivity index is 1.80. The van der Waals surface area contributed by atoms with Crippen LogP contribution in [0.2, 0.25) is 0 Å². The summed E-state index contributed by atoms with van der Waals surface area (Å²) in [6.45, 7) is 7.61. The summed E-state index contributed by atoms with van der Waals surface area (Å²) >= 11 is 0. The molecule has 3 rings (SSSR count). The van der Waals surface area contributed by atoms with Gasteiger partial charge >= 0.3 is 0 Å². The van der Waals surface area contributed by atoms with Crippen LogP contribution >= 0.6 is 0 Å². The van der Waals surface area contributed by atoms with Crippen molar-refractivity contribution in [1.29, 1.82) is 0 Å². The van der Waals surface area contributed by atoms with Crippen molar-refractivity contribution in [3.8, 4) is 0 Å². The molecule has 1 atom stereocenters. The van der Waals surface area contributed by atoms with Crippen molar-refractivity contribution in [1.82, 2.24) is 15.3 Å². The summed E-state index contributed by atoms with van der Waals surface area (Å²) < 4.78 is 0. The average Bonchev–Trinajstić information content (AvgIpc) is 2.73. The molecule has 0 spiro atoms. The highest BCUT2D eigenvalue weighted by Crippen LogP contribution is 2.18. The van der Waals surface area contributed by atoms with Gasteiger partial charge in [0.05, 0.1) is 17.2 Å². The molecule has 0 radical (unpaired) electrons. The Hall–Kier alpha value is -1.68. The molecule has 1 N–H and O–H groups in total. The summed E-state index contributed by atoms with van der Waals surface area (Å²) in [6.07, 6.45) is 3.06. The largest absolute Gasteiger partial charge is 0.354 e. The highest BCUT2D eigenvalue weighted by atomic mass is 15.2. The Bertz CT molecular complexity index is 581. The first-order valence-corrected chi connectivity index (χ1v) is 7.44. The lowest BCUT2D eigenvalue weighted by atomic mass is 10.0. The predicted octanol–water partition coefficient (Wildman–Crippen LogP) is 2.45. The summed E-state index contributed by atoms with van der Waals surface area (Å²) in [5.41, 5.74) is 1.94. The minimum atomic E-state index is 0.605. The number of benzene rings is 1. The summed E-state index contributed by atoms with van der Waals surface area (Å²) in [7, 11) is 0. The quantitative estimate of drug-likeness (QED) is 0.910. The molecule has 0 bridgehead atoms. The van der Waals surface area contributed by atoms with Crippen LogP contribution in [0.5, 0.6) is 0 Å². The van der Waals surface area contributed by atoms with Gasteiger partial charge in [0.1, 0.15) is 5.82 Å². The fourth-order valence-electron chi connectivity index (χ4n) is 2.79. The number of para-hydroxylation sites is 2. The molecule has 0 saturated carbocycles. The van der Waals surface area contributed by atoms with Crippen LogP contribution in [0.15, 0.2) is 30.5 Å². The molecular weight excluding hydrogens is 248 g/mol. The number of hydrogen-bond donors (Lipinski definition) is 1. The van der Waals surface area contributed by atoms with Gasteiger partial charge in [0.15, 0.2) is 0 Å². The van der Waals surface area contributed by atoms with Crippen LogP contribution in [0.4, 0.5) is 5.82 Å². The predicted molar refractivity (Wildman–Crippen MR) is 83.0 cm³/mol. The van der Waals surface area contributed by atoms with E-state index in [0.29, 0.717) is 12.0 Å². The van der Waals surface area contributed by atoms with Gasteiger partial charge in [0.2, 0.25) is 0 Å². The van der Waals surface area contributed by atoms with E-state index in [1.165, 1.54) is 0 Å². The molecule has 0 amide bonds. The van der Waals surface area contributed by atoms with Crippen molar-refractivity contribution in [2.45, 2.75) is 26.3 Å². The number of anilines is 1. The minimum absolute atomic E-state index is 0.605. The van der Waals surface area contributed by atoms with Crippen LogP contribution in [-0.4, -0.2) is 35.6 Å². The molecule has 0 unspecified atom stereocenters. The van der Waals surface area contributed by atoms with Gasteiger partial charge < -0.3 is 10.2 Å². The van der Waals surface area contributed by atoms with E-state index < -0.39 is 0 Å². The van der Waals surface area contributed by atoms with Gasteiger partial charge in [-0.05, 0) is 24.5 Å². The SMILES string of the molecule is CC(C)[C@@H]1CCN(c2cnc3ccccc3n2)CCN1.